The van der Waals surface area contributed by atoms with Gasteiger partial charge in [-0.1, -0.05) is 32.0 Å². The Kier molecular flexibility index (Phi) is 3.97. The van der Waals surface area contributed by atoms with E-state index in [0.717, 1.165) is 6.54 Å². The standard InChI is InChI=1S/C15H19NS/c1-11(2)16-10-13-5-4-6-14(9-13)15-8-7-12(3)17-15/h4-9,11,16H,10H2,1-3H3. The highest BCUT2D eigenvalue weighted by molar-refractivity contribution is 7.15. The SMILES string of the molecule is Cc1ccc(-c2cccc(CNC(C)C)c2)s1. The van der Waals surface area contributed by atoms with Crippen molar-refractivity contribution in [1.29, 1.82) is 0 Å². The van der Waals surface area contributed by atoms with Gasteiger partial charge in [0.2, 0.25) is 0 Å². The number of hydrogen-bond acceptors (Lipinski definition) is 2. The minimum atomic E-state index is 0.530. The lowest BCUT2D eigenvalue weighted by Crippen LogP contribution is -2.21. The summed E-state index contributed by atoms with van der Waals surface area (Å²) in [6, 6.07) is 13.7. The van der Waals surface area contributed by atoms with Gasteiger partial charge >= 0.3 is 0 Å². The van der Waals surface area contributed by atoms with E-state index in [1.54, 1.807) is 0 Å². The number of hydrogen-bond donors (Lipinski definition) is 1. The first-order valence-corrected chi connectivity index (χ1v) is 6.86. The summed E-state index contributed by atoms with van der Waals surface area (Å²) in [4.78, 5) is 2.72. The second kappa shape index (κ2) is 5.48. The van der Waals surface area contributed by atoms with Crippen molar-refractivity contribution in [3.63, 3.8) is 0 Å². The molecule has 0 aliphatic carbocycles. The Morgan fingerprint density at radius 3 is 2.65 bits per heavy atom. The van der Waals surface area contributed by atoms with Crippen molar-refractivity contribution >= 4 is 11.3 Å². The van der Waals surface area contributed by atoms with Crippen molar-refractivity contribution < 1.29 is 0 Å². The molecular formula is C15H19NS. The number of rotatable bonds is 4. The molecule has 1 N–H and O–H groups in total. The van der Waals surface area contributed by atoms with E-state index < -0.39 is 0 Å². The predicted molar refractivity (Wildman–Crippen MR) is 76.5 cm³/mol. The smallest absolute Gasteiger partial charge is 0.0345 e. The zero-order chi connectivity index (χ0) is 12.3. The molecule has 0 amide bonds. The molecule has 0 aliphatic heterocycles. The van der Waals surface area contributed by atoms with Gasteiger partial charge in [0.1, 0.15) is 0 Å². The van der Waals surface area contributed by atoms with Crippen molar-refractivity contribution in [2.24, 2.45) is 0 Å². The van der Waals surface area contributed by atoms with Gasteiger partial charge in [0.05, 0.1) is 0 Å². The molecule has 0 saturated carbocycles. The summed E-state index contributed by atoms with van der Waals surface area (Å²) >= 11 is 1.85. The molecule has 0 spiro atoms. The van der Waals surface area contributed by atoms with E-state index >= 15 is 0 Å². The van der Waals surface area contributed by atoms with Crippen LogP contribution in [0.15, 0.2) is 36.4 Å². The lowest BCUT2D eigenvalue weighted by Gasteiger charge is -2.08. The summed E-state index contributed by atoms with van der Waals surface area (Å²) in [5.41, 5.74) is 2.67. The molecule has 17 heavy (non-hydrogen) atoms. The van der Waals surface area contributed by atoms with Gasteiger partial charge < -0.3 is 5.32 Å². The summed E-state index contributed by atoms with van der Waals surface area (Å²) in [6.45, 7) is 7.44. The van der Waals surface area contributed by atoms with Crippen molar-refractivity contribution in [2.75, 3.05) is 0 Å². The molecule has 0 aliphatic rings. The molecule has 1 heterocycles. The highest BCUT2D eigenvalue weighted by atomic mass is 32.1. The monoisotopic (exact) mass is 245 g/mol. The van der Waals surface area contributed by atoms with Crippen LogP contribution in [0.25, 0.3) is 10.4 Å². The fourth-order valence-corrected chi connectivity index (χ4v) is 2.61. The van der Waals surface area contributed by atoms with Crippen LogP contribution >= 0.6 is 11.3 Å². The molecule has 0 unspecified atom stereocenters. The minimum Gasteiger partial charge on any atom is -0.310 e. The van der Waals surface area contributed by atoms with Crippen LogP contribution in [0.4, 0.5) is 0 Å². The zero-order valence-corrected chi connectivity index (χ0v) is 11.5. The normalized spacial score (nSPS) is 11.1. The van der Waals surface area contributed by atoms with Gasteiger partial charge in [0, 0.05) is 22.3 Å². The molecule has 1 aromatic carbocycles. The molecule has 1 aromatic heterocycles. The Morgan fingerprint density at radius 1 is 1.18 bits per heavy atom. The molecular weight excluding hydrogens is 226 g/mol. The second-order valence-electron chi connectivity index (χ2n) is 4.65. The molecule has 0 bridgehead atoms. The van der Waals surface area contributed by atoms with Gasteiger partial charge in [-0.2, -0.15) is 0 Å². The third-order valence-corrected chi connectivity index (χ3v) is 3.72. The van der Waals surface area contributed by atoms with Crippen LogP contribution in [0.2, 0.25) is 0 Å². The van der Waals surface area contributed by atoms with E-state index in [9.17, 15) is 0 Å². The van der Waals surface area contributed by atoms with E-state index in [1.165, 1.54) is 20.9 Å². The predicted octanol–water partition coefficient (Wildman–Crippen LogP) is 4.22. The van der Waals surface area contributed by atoms with Crippen molar-refractivity contribution in [3.8, 4) is 10.4 Å². The van der Waals surface area contributed by atoms with Crippen LogP contribution < -0.4 is 5.32 Å². The van der Waals surface area contributed by atoms with E-state index in [0.29, 0.717) is 6.04 Å². The third kappa shape index (κ3) is 3.42. The van der Waals surface area contributed by atoms with Gasteiger partial charge in [-0.05, 0) is 36.2 Å². The van der Waals surface area contributed by atoms with Crippen LogP contribution in [0, 0.1) is 6.92 Å². The first-order valence-electron chi connectivity index (χ1n) is 6.04. The molecule has 0 fully saturated rings. The summed E-state index contributed by atoms with van der Waals surface area (Å²) in [5.74, 6) is 0. The summed E-state index contributed by atoms with van der Waals surface area (Å²) in [5, 5.41) is 3.45. The Balaban J connectivity index is 2.16. The van der Waals surface area contributed by atoms with Crippen LogP contribution in [0.5, 0.6) is 0 Å². The lowest BCUT2D eigenvalue weighted by molar-refractivity contribution is 0.589. The maximum atomic E-state index is 3.45. The fraction of sp³-hybridized carbons (Fsp3) is 0.333. The summed E-state index contributed by atoms with van der Waals surface area (Å²) in [7, 11) is 0. The van der Waals surface area contributed by atoms with E-state index in [-0.39, 0.29) is 0 Å². The molecule has 0 radical (unpaired) electrons. The van der Waals surface area contributed by atoms with Crippen molar-refractivity contribution in [3.05, 3.63) is 46.8 Å². The average Bonchev–Trinajstić information content (AvgIpc) is 2.74. The van der Waals surface area contributed by atoms with Gasteiger partial charge in [-0.15, -0.1) is 11.3 Å². The number of thiophene rings is 1. The van der Waals surface area contributed by atoms with E-state index in [4.69, 9.17) is 0 Å². The van der Waals surface area contributed by atoms with Gasteiger partial charge in [-0.3, -0.25) is 0 Å². The molecule has 0 atom stereocenters. The average molecular weight is 245 g/mol. The third-order valence-electron chi connectivity index (χ3n) is 2.67. The number of nitrogens with one attached hydrogen (secondary N) is 1. The fourth-order valence-electron chi connectivity index (χ4n) is 1.75. The quantitative estimate of drug-likeness (QED) is 0.850. The molecule has 2 heteroatoms. The largest absolute Gasteiger partial charge is 0.310 e. The van der Waals surface area contributed by atoms with Gasteiger partial charge in [0.15, 0.2) is 0 Å². The maximum Gasteiger partial charge on any atom is 0.0345 e. The maximum absolute atomic E-state index is 3.45. The highest BCUT2D eigenvalue weighted by Crippen LogP contribution is 2.28. The van der Waals surface area contributed by atoms with E-state index in [1.807, 2.05) is 11.3 Å². The zero-order valence-electron chi connectivity index (χ0n) is 10.7. The van der Waals surface area contributed by atoms with Crippen LogP contribution in [0.3, 0.4) is 0 Å². The Bertz CT molecular complexity index is 485. The molecule has 1 nitrogen and oxygen atoms in total. The Labute approximate surface area is 108 Å². The summed E-state index contributed by atoms with van der Waals surface area (Å²) < 4.78 is 0. The lowest BCUT2D eigenvalue weighted by atomic mass is 10.1. The first kappa shape index (κ1) is 12.3. The van der Waals surface area contributed by atoms with Crippen molar-refractivity contribution in [2.45, 2.75) is 33.4 Å². The van der Waals surface area contributed by atoms with Crippen LogP contribution in [-0.4, -0.2) is 6.04 Å². The number of aryl methyl sites for hydroxylation is 1. The van der Waals surface area contributed by atoms with E-state index in [2.05, 4.69) is 62.5 Å². The minimum absolute atomic E-state index is 0.530. The van der Waals surface area contributed by atoms with Gasteiger partial charge in [-0.25, -0.2) is 0 Å². The van der Waals surface area contributed by atoms with Crippen LogP contribution in [0.1, 0.15) is 24.3 Å². The van der Waals surface area contributed by atoms with Crippen LogP contribution in [-0.2, 0) is 6.54 Å². The Morgan fingerprint density at radius 2 is 2.00 bits per heavy atom. The highest BCUT2D eigenvalue weighted by Gasteiger charge is 2.02. The Hall–Kier alpha value is -1.12. The number of benzene rings is 1. The molecule has 90 valence electrons. The second-order valence-corrected chi connectivity index (χ2v) is 5.93. The topological polar surface area (TPSA) is 12.0 Å². The van der Waals surface area contributed by atoms with Gasteiger partial charge in [0.25, 0.3) is 0 Å². The molecule has 0 saturated heterocycles. The summed E-state index contributed by atoms with van der Waals surface area (Å²) in [6.07, 6.45) is 0. The van der Waals surface area contributed by atoms with Crippen molar-refractivity contribution in [1.82, 2.24) is 5.32 Å². The first-order chi connectivity index (χ1) is 8.15. The molecule has 2 rings (SSSR count). The molecule has 2 aromatic rings.